The summed E-state index contributed by atoms with van der Waals surface area (Å²) in [5, 5.41) is 0. The van der Waals surface area contributed by atoms with Crippen LogP contribution in [0.3, 0.4) is 0 Å². The number of ether oxygens (including phenoxy) is 1. The summed E-state index contributed by atoms with van der Waals surface area (Å²) in [5.74, 6) is 0. The molecule has 3 heteroatoms. The Morgan fingerprint density at radius 2 is 2.21 bits per heavy atom. The second-order valence-corrected chi connectivity index (χ2v) is 3.44. The van der Waals surface area contributed by atoms with Gasteiger partial charge in [0.05, 0.1) is 12.6 Å². The molecule has 0 saturated heterocycles. The molecule has 0 aromatic carbocycles. The van der Waals surface area contributed by atoms with Crippen LogP contribution in [0.1, 0.15) is 27.7 Å². The molecule has 1 atom stereocenters. The lowest BCUT2D eigenvalue weighted by atomic mass is 10.1. The van der Waals surface area contributed by atoms with E-state index >= 15 is 0 Å². The van der Waals surface area contributed by atoms with Crippen molar-refractivity contribution >= 4 is 6.09 Å². The predicted molar refractivity (Wildman–Crippen MR) is 55.8 cm³/mol. The largest absolute Gasteiger partial charge is 0.449 e. The maximum absolute atomic E-state index is 11.6. The number of nitrogens with zero attached hydrogens (tertiary/aromatic N) is 1. The number of hydrogen-bond donors (Lipinski definition) is 0. The molecule has 0 radical (unpaired) electrons. The minimum Gasteiger partial charge on any atom is -0.449 e. The first-order valence-corrected chi connectivity index (χ1v) is 4.89. The van der Waals surface area contributed by atoms with Crippen molar-refractivity contribution in [2.24, 2.45) is 0 Å². The van der Waals surface area contributed by atoms with E-state index in [1.165, 1.54) is 0 Å². The van der Waals surface area contributed by atoms with E-state index < -0.39 is 0 Å². The topological polar surface area (TPSA) is 29.5 Å². The SMILES string of the molecule is CCOC(=O)N1C(C)=C(C)C=CC1C. The molecule has 1 unspecified atom stereocenters. The Labute approximate surface area is 85.0 Å². The molecule has 1 aliphatic heterocycles. The highest BCUT2D eigenvalue weighted by Crippen LogP contribution is 2.21. The average Bonchev–Trinajstić information content (AvgIpc) is 2.13. The maximum atomic E-state index is 11.6. The lowest BCUT2D eigenvalue weighted by Gasteiger charge is -2.30. The van der Waals surface area contributed by atoms with Crippen LogP contribution in [-0.2, 0) is 4.74 Å². The molecular formula is C11H17NO2. The molecule has 0 bridgehead atoms. The standard InChI is InChI=1S/C11H17NO2/c1-5-14-11(13)12-9(3)7-6-8(2)10(12)4/h6-7,9H,5H2,1-4H3. The van der Waals surface area contributed by atoms with Gasteiger partial charge in [-0.2, -0.15) is 0 Å². The lowest BCUT2D eigenvalue weighted by Crippen LogP contribution is -2.38. The fourth-order valence-corrected chi connectivity index (χ4v) is 1.48. The van der Waals surface area contributed by atoms with Crippen LogP contribution in [0.5, 0.6) is 0 Å². The van der Waals surface area contributed by atoms with E-state index in [4.69, 9.17) is 4.74 Å². The van der Waals surface area contributed by atoms with Crippen molar-refractivity contribution in [2.75, 3.05) is 6.61 Å². The summed E-state index contributed by atoms with van der Waals surface area (Å²) < 4.78 is 4.99. The number of carbonyl (C=O) groups excluding carboxylic acids is 1. The van der Waals surface area contributed by atoms with Gasteiger partial charge in [-0.15, -0.1) is 0 Å². The van der Waals surface area contributed by atoms with Crippen LogP contribution in [0.2, 0.25) is 0 Å². The average molecular weight is 195 g/mol. The molecular weight excluding hydrogens is 178 g/mol. The van der Waals surface area contributed by atoms with Gasteiger partial charge in [-0.25, -0.2) is 4.79 Å². The summed E-state index contributed by atoms with van der Waals surface area (Å²) in [5.41, 5.74) is 2.08. The van der Waals surface area contributed by atoms with Gasteiger partial charge in [0.2, 0.25) is 0 Å². The van der Waals surface area contributed by atoms with Gasteiger partial charge in [-0.3, -0.25) is 4.90 Å². The van der Waals surface area contributed by atoms with E-state index in [2.05, 4.69) is 0 Å². The third-order valence-electron chi connectivity index (χ3n) is 2.43. The molecule has 0 fully saturated rings. The van der Waals surface area contributed by atoms with Gasteiger partial charge in [0.25, 0.3) is 0 Å². The molecule has 0 spiro atoms. The maximum Gasteiger partial charge on any atom is 0.414 e. The first-order valence-electron chi connectivity index (χ1n) is 4.89. The van der Waals surface area contributed by atoms with Gasteiger partial charge < -0.3 is 4.74 Å². The summed E-state index contributed by atoms with van der Waals surface area (Å²) in [6.45, 7) is 8.13. The number of amides is 1. The fourth-order valence-electron chi connectivity index (χ4n) is 1.48. The zero-order valence-corrected chi connectivity index (χ0v) is 9.20. The van der Waals surface area contributed by atoms with E-state index in [-0.39, 0.29) is 12.1 Å². The zero-order valence-electron chi connectivity index (χ0n) is 9.20. The van der Waals surface area contributed by atoms with Crippen LogP contribution in [0.4, 0.5) is 4.79 Å². The van der Waals surface area contributed by atoms with Crippen molar-refractivity contribution in [1.29, 1.82) is 0 Å². The lowest BCUT2D eigenvalue weighted by molar-refractivity contribution is 0.112. The van der Waals surface area contributed by atoms with Crippen LogP contribution >= 0.6 is 0 Å². The van der Waals surface area contributed by atoms with Crippen molar-refractivity contribution < 1.29 is 9.53 Å². The van der Waals surface area contributed by atoms with Crippen molar-refractivity contribution in [3.8, 4) is 0 Å². The highest BCUT2D eigenvalue weighted by atomic mass is 16.6. The summed E-state index contributed by atoms with van der Waals surface area (Å²) in [7, 11) is 0. The zero-order chi connectivity index (χ0) is 10.7. The third-order valence-corrected chi connectivity index (χ3v) is 2.43. The van der Waals surface area contributed by atoms with Gasteiger partial charge in [0.1, 0.15) is 0 Å². The van der Waals surface area contributed by atoms with E-state index in [1.54, 1.807) is 4.90 Å². The molecule has 0 aromatic heterocycles. The molecule has 1 rings (SSSR count). The number of allylic oxidation sites excluding steroid dienone is 3. The molecule has 0 aromatic rings. The summed E-state index contributed by atoms with van der Waals surface area (Å²) in [6, 6.07) is 0.0812. The second-order valence-electron chi connectivity index (χ2n) is 3.44. The smallest absolute Gasteiger partial charge is 0.414 e. The molecule has 1 aliphatic rings. The van der Waals surface area contributed by atoms with Crippen LogP contribution in [0, 0.1) is 0 Å². The predicted octanol–water partition coefficient (Wildman–Crippen LogP) is 2.70. The first kappa shape index (κ1) is 10.8. The molecule has 1 amide bonds. The third kappa shape index (κ3) is 1.97. The van der Waals surface area contributed by atoms with E-state index in [0.29, 0.717) is 6.61 Å². The summed E-state index contributed by atoms with van der Waals surface area (Å²) >= 11 is 0. The van der Waals surface area contributed by atoms with Gasteiger partial charge in [0.15, 0.2) is 0 Å². The van der Waals surface area contributed by atoms with Crippen molar-refractivity contribution in [2.45, 2.75) is 33.7 Å². The van der Waals surface area contributed by atoms with Gasteiger partial charge >= 0.3 is 6.09 Å². The van der Waals surface area contributed by atoms with E-state index in [9.17, 15) is 4.79 Å². The molecule has 3 nitrogen and oxygen atoms in total. The molecule has 1 heterocycles. The van der Waals surface area contributed by atoms with Crippen molar-refractivity contribution in [3.63, 3.8) is 0 Å². The van der Waals surface area contributed by atoms with Crippen LogP contribution in [-0.4, -0.2) is 23.6 Å². The van der Waals surface area contributed by atoms with Crippen molar-refractivity contribution in [3.05, 3.63) is 23.4 Å². The number of carbonyl (C=O) groups is 1. The van der Waals surface area contributed by atoms with Crippen LogP contribution in [0.15, 0.2) is 23.4 Å². The van der Waals surface area contributed by atoms with Crippen LogP contribution in [0.25, 0.3) is 0 Å². The van der Waals surface area contributed by atoms with Gasteiger partial charge in [0, 0.05) is 5.70 Å². The summed E-state index contributed by atoms with van der Waals surface area (Å²) in [4.78, 5) is 13.3. The van der Waals surface area contributed by atoms with Crippen LogP contribution < -0.4 is 0 Å². The molecule has 0 N–H and O–H groups in total. The number of rotatable bonds is 1. The number of hydrogen-bond acceptors (Lipinski definition) is 2. The van der Waals surface area contributed by atoms with Gasteiger partial charge in [-0.1, -0.05) is 12.2 Å². The Bertz CT molecular complexity index is 292. The van der Waals surface area contributed by atoms with Crippen molar-refractivity contribution in [1.82, 2.24) is 4.90 Å². The molecule has 78 valence electrons. The molecule has 0 aliphatic carbocycles. The summed E-state index contributed by atoms with van der Waals surface area (Å²) in [6.07, 6.45) is 3.77. The fraction of sp³-hybridized carbons (Fsp3) is 0.545. The monoisotopic (exact) mass is 195 g/mol. The Morgan fingerprint density at radius 1 is 1.57 bits per heavy atom. The Balaban J connectivity index is 2.87. The molecule has 0 saturated carbocycles. The minimum atomic E-state index is -0.263. The van der Waals surface area contributed by atoms with Gasteiger partial charge in [-0.05, 0) is 33.3 Å². The second kappa shape index (κ2) is 4.31. The molecule has 14 heavy (non-hydrogen) atoms. The Kier molecular flexibility index (Phi) is 3.33. The normalized spacial score (nSPS) is 21.4. The Morgan fingerprint density at radius 3 is 2.79 bits per heavy atom. The first-order chi connectivity index (χ1) is 6.57. The highest BCUT2D eigenvalue weighted by Gasteiger charge is 2.24. The quantitative estimate of drug-likeness (QED) is 0.643. The van der Waals surface area contributed by atoms with E-state index in [0.717, 1.165) is 11.3 Å². The minimum absolute atomic E-state index is 0.0812. The highest BCUT2D eigenvalue weighted by molar-refractivity contribution is 5.71. The van der Waals surface area contributed by atoms with E-state index in [1.807, 2.05) is 39.8 Å². The Hall–Kier alpha value is -1.25.